The van der Waals surface area contributed by atoms with E-state index in [4.69, 9.17) is 9.15 Å². The van der Waals surface area contributed by atoms with Crippen LogP contribution in [-0.2, 0) is 0 Å². The minimum atomic E-state index is 0.0198. The molecule has 1 aromatic carbocycles. The molecular formula is C22H29N3O3. The first kappa shape index (κ1) is 19.0. The van der Waals surface area contributed by atoms with E-state index < -0.39 is 0 Å². The summed E-state index contributed by atoms with van der Waals surface area (Å²) in [6, 6.07) is 14.0. The van der Waals surface area contributed by atoms with Crippen LogP contribution in [0.1, 0.15) is 23.4 Å². The number of piperazine rings is 1. The molecule has 28 heavy (non-hydrogen) atoms. The van der Waals surface area contributed by atoms with Crippen LogP contribution in [0.4, 0.5) is 0 Å². The zero-order valence-electron chi connectivity index (χ0n) is 16.3. The Bertz CT molecular complexity index is 727. The van der Waals surface area contributed by atoms with E-state index in [0.717, 1.165) is 64.6 Å². The third-order valence-electron chi connectivity index (χ3n) is 5.76. The summed E-state index contributed by atoms with van der Waals surface area (Å²) in [4.78, 5) is 19.5. The number of carbonyl (C=O) groups excluding carboxylic acids is 1. The molecule has 4 rings (SSSR count). The Hall–Kier alpha value is -2.31. The van der Waals surface area contributed by atoms with Crippen LogP contribution in [0.2, 0.25) is 0 Å². The molecule has 2 fully saturated rings. The molecule has 1 aromatic heterocycles. The van der Waals surface area contributed by atoms with Gasteiger partial charge in [-0.25, -0.2) is 0 Å². The van der Waals surface area contributed by atoms with Crippen molar-refractivity contribution in [3.05, 3.63) is 54.5 Å². The Morgan fingerprint density at radius 1 is 1.04 bits per heavy atom. The van der Waals surface area contributed by atoms with Crippen LogP contribution in [0.3, 0.4) is 0 Å². The van der Waals surface area contributed by atoms with Crippen molar-refractivity contribution < 1.29 is 13.9 Å². The van der Waals surface area contributed by atoms with Gasteiger partial charge >= 0.3 is 0 Å². The Kier molecular flexibility index (Phi) is 6.29. The molecule has 2 aromatic rings. The lowest BCUT2D eigenvalue weighted by Gasteiger charge is -2.43. The summed E-state index contributed by atoms with van der Waals surface area (Å²) in [5.41, 5.74) is 0. The second-order valence-corrected chi connectivity index (χ2v) is 7.56. The molecule has 0 bridgehead atoms. The summed E-state index contributed by atoms with van der Waals surface area (Å²) < 4.78 is 11.1. The highest BCUT2D eigenvalue weighted by molar-refractivity contribution is 5.91. The molecule has 0 spiro atoms. The van der Waals surface area contributed by atoms with Crippen molar-refractivity contribution in [1.29, 1.82) is 0 Å². The largest absolute Gasteiger partial charge is 0.492 e. The number of rotatable bonds is 6. The van der Waals surface area contributed by atoms with Crippen molar-refractivity contribution in [1.82, 2.24) is 14.7 Å². The van der Waals surface area contributed by atoms with Gasteiger partial charge in [-0.3, -0.25) is 14.6 Å². The minimum absolute atomic E-state index is 0.0198. The molecule has 2 aliphatic rings. The monoisotopic (exact) mass is 383 g/mol. The van der Waals surface area contributed by atoms with Crippen LogP contribution in [0.25, 0.3) is 0 Å². The number of hydrogen-bond acceptors (Lipinski definition) is 5. The summed E-state index contributed by atoms with van der Waals surface area (Å²) >= 11 is 0. The van der Waals surface area contributed by atoms with E-state index in [-0.39, 0.29) is 5.91 Å². The van der Waals surface area contributed by atoms with Gasteiger partial charge in [0.2, 0.25) is 0 Å². The Labute approximate surface area is 166 Å². The number of carbonyl (C=O) groups is 1. The van der Waals surface area contributed by atoms with Crippen molar-refractivity contribution in [3.63, 3.8) is 0 Å². The van der Waals surface area contributed by atoms with Gasteiger partial charge in [-0.1, -0.05) is 18.2 Å². The number of likely N-dealkylation sites (tertiary alicyclic amines) is 1. The molecule has 1 atom stereocenters. The molecule has 3 heterocycles. The van der Waals surface area contributed by atoms with Crippen LogP contribution >= 0.6 is 0 Å². The van der Waals surface area contributed by atoms with Crippen LogP contribution in [0.15, 0.2) is 53.1 Å². The third kappa shape index (κ3) is 4.75. The smallest absolute Gasteiger partial charge is 0.289 e. The Morgan fingerprint density at radius 3 is 2.61 bits per heavy atom. The molecular weight excluding hydrogens is 354 g/mol. The number of para-hydroxylation sites is 1. The lowest BCUT2D eigenvalue weighted by Crippen LogP contribution is -2.56. The number of nitrogens with zero attached hydrogens (tertiary/aromatic N) is 3. The standard InChI is InChI=1S/C22H29N3O3/c26-22(21-9-5-16-28-21)25-10-4-6-19(18-25)24-13-11-23(12-14-24)15-17-27-20-7-2-1-3-8-20/h1-3,5,7-9,16,19H,4,6,10-15,17-18H2. The predicted octanol–water partition coefficient (Wildman–Crippen LogP) is 2.58. The van der Waals surface area contributed by atoms with Gasteiger partial charge in [-0.05, 0) is 37.1 Å². The van der Waals surface area contributed by atoms with E-state index in [9.17, 15) is 4.79 Å². The Morgan fingerprint density at radius 2 is 1.86 bits per heavy atom. The molecule has 0 aliphatic carbocycles. The molecule has 6 heteroatoms. The fourth-order valence-electron chi connectivity index (χ4n) is 4.15. The number of ether oxygens (including phenoxy) is 1. The number of amides is 1. The molecule has 1 unspecified atom stereocenters. The quantitative estimate of drug-likeness (QED) is 0.767. The molecule has 150 valence electrons. The highest BCUT2D eigenvalue weighted by Gasteiger charge is 2.30. The summed E-state index contributed by atoms with van der Waals surface area (Å²) in [5.74, 6) is 1.40. The van der Waals surface area contributed by atoms with Gasteiger partial charge in [-0.15, -0.1) is 0 Å². The van der Waals surface area contributed by atoms with Crippen molar-refractivity contribution in [2.24, 2.45) is 0 Å². The molecule has 0 radical (unpaired) electrons. The van der Waals surface area contributed by atoms with Crippen LogP contribution < -0.4 is 4.74 Å². The first-order valence-electron chi connectivity index (χ1n) is 10.3. The number of furan rings is 1. The van der Waals surface area contributed by atoms with E-state index in [1.807, 2.05) is 35.2 Å². The fraction of sp³-hybridized carbons (Fsp3) is 0.500. The molecule has 6 nitrogen and oxygen atoms in total. The van der Waals surface area contributed by atoms with Crippen molar-refractivity contribution in [2.75, 3.05) is 52.4 Å². The summed E-state index contributed by atoms with van der Waals surface area (Å²) in [7, 11) is 0. The highest BCUT2D eigenvalue weighted by Crippen LogP contribution is 2.20. The molecule has 1 amide bonds. The topological polar surface area (TPSA) is 49.2 Å². The van der Waals surface area contributed by atoms with E-state index in [0.29, 0.717) is 11.8 Å². The lowest BCUT2D eigenvalue weighted by molar-refractivity contribution is 0.0382. The summed E-state index contributed by atoms with van der Waals surface area (Å²) in [6.45, 7) is 7.53. The van der Waals surface area contributed by atoms with Crippen molar-refractivity contribution >= 4 is 5.91 Å². The second kappa shape index (κ2) is 9.26. The summed E-state index contributed by atoms with van der Waals surface area (Å²) in [6.07, 6.45) is 3.79. The zero-order chi connectivity index (χ0) is 19.2. The first-order chi connectivity index (χ1) is 13.8. The average Bonchev–Trinajstić information content (AvgIpc) is 3.30. The SMILES string of the molecule is O=C(c1ccco1)N1CCCC(N2CCN(CCOc3ccccc3)CC2)C1. The van der Waals surface area contributed by atoms with Crippen LogP contribution in [0, 0.1) is 0 Å². The van der Waals surface area contributed by atoms with Gasteiger partial charge in [0.05, 0.1) is 6.26 Å². The van der Waals surface area contributed by atoms with Crippen molar-refractivity contribution in [2.45, 2.75) is 18.9 Å². The summed E-state index contributed by atoms with van der Waals surface area (Å²) in [5, 5.41) is 0. The first-order valence-corrected chi connectivity index (χ1v) is 10.3. The number of piperidine rings is 1. The van der Waals surface area contributed by atoms with Gasteiger partial charge in [0.25, 0.3) is 5.91 Å². The van der Waals surface area contributed by atoms with E-state index in [1.54, 1.807) is 18.4 Å². The third-order valence-corrected chi connectivity index (χ3v) is 5.76. The fourth-order valence-corrected chi connectivity index (χ4v) is 4.15. The molecule has 2 aliphatic heterocycles. The van der Waals surface area contributed by atoms with Gasteiger partial charge in [-0.2, -0.15) is 0 Å². The second-order valence-electron chi connectivity index (χ2n) is 7.56. The maximum absolute atomic E-state index is 12.6. The van der Waals surface area contributed by atoms with Gasteiger partial charge in [0.1, 0.15) is 12.4 Å². The maximum atomic E-state index is 12.6. The van der Waals surface area contributed by atoms with E-state index >= 15 is 0 Å². The number of hydrogen-bond donors (Lipinski definition) is 0. The van der Waals surface area contributed by atoms with Crippen LogP contribution in [0.5, 0.6) is 5.75 Å². The highest BCUT2D eigenvalue weighted by atomic mass is 16.5. The normalized spacial score (nSPS) is 21.6. The maximum Gasteiger partial charge on any atom is 0.289 e. The van der Waals surface area contributed by atoms with E-state index in [2.05, 4.69) is 9.80 Å². The predicted molar refractivity (Wildman–Crippen MR) is 108 cm³/mol. The lowest BCUT2D eigenvalue weighted by atomic mass is 10.0. The minimum Gasteiger partial charge on any atom is -0.492 e. The van der Waals surface area contributed by atoms with E-state index in [1.165, 1.54) is 6.42 Å². The van der Waals surface area contributed by atoms with Gasteiger partial charge < -0.3 is 14.1 Å². The zero-order valence-corrected chi connectivity index (χ0v) is 16.3. The van der Waals surface area contributed by atoms with Crippen molar-refractivity contribution in [3.8, 4) is 5.75 Å². The molecule has 0 N–H and O–H groups in total. The van der Waals surface area contributed by atoms with Crippen LogP contribution in [-0.4, -0.2) is 79.1 Å². The molecule has 2 saturated heterocycles. The van der Waals surface area contributed by atoms with Gasteiger partial charge in [0, 0.05) is 51.9 Å². The van der Waals surface area contributed by atoms with Gasteiger partial charge in [0.15, 0.2) is 5.76 Å². The average molecular weight is 383 g/mol. The number of benzene rings is 1. The molecule has 0 saturated carbocycles. The Balaban J connectivity index is 1.20.